The number of aryl methyl sites for hydroxylation is 1. The molecule has 118 valence electrons. The predicted molar refractivity (Wildman–Crippen MR) is 83.8 cm³/mol. The van der Waals surface area contributed by atoms with E-state index in [0.717, 1.165) is 12.1 Å². The Kier molecular flexibility index (Phi) is 3.72. The molecule has 3 rings (SSSR count). The third-order valence-corrected chi connectivity index (χ3v) is 3.84. The molecule has 0 saturated carbocycles. The van der Waals surface area contributed by atoms with Gasteiger partial charge in [0.1, 0.15) is 11.2 Å². The highest BCUT2D eigenvalue weighted by Gasteiger charge is 2.19. The summed E-state index contributed by atoms with van der Waals surface area (Å²) in [6.07, 6.45) is 3.12. The van der Waals surface area contributed by atoms with Crippen LogP contribution in [0, 0.1) is 18.6 Å². The summed E-state index contributed by atoms with van der Waals surface area (Å²) in [4.78, 5) is 20.8. The first-order chi connectivity index (χ1) is 10.9. The second-order valence-corrected chi connectivity index (χ2v) is 5.49. The number of rotatable bonds is 2. The van der Waals surface area contributed by atoms with Gasteiger partial charge in [-0.2, -0.15) is 9.78 Å². The molecule has 0 spiro atoms. The molecular formula is C14H11F2N5OS. The fourth-order valence-corrected chi connectivity index (χ4v) is 2.50. The maximum absolute atomic E-state index is 14.2. The lowest BCUT2D eigenvalue weighted by molar-refractivity contribution is 0.556. The van der Waals surface area contributed by atoms with Crippen LogP contribution in [0.5, 0.6) is 0 Å². The SMILES string of the molecule is CSc1ncc2c(=O)n(-c3c(F)ccc(N)c3F)nc(C)c2n1. The minimum atomic E-state index is -1.04. The summed E-state index contributed by atoms with van der Waals surface area (Å²) in [5, 5.41) is 4.57. The van der Waals surface area contributed by atoms with Gasteiger partial charge in [-0.05, 0) is 25.3 Å². The highest BCUT2D eigenvalue weighted by molar-refractivity contribution is 7.98. The third kappa shape index (κ3) is 2.42. The Morgan fingerprint density at radius 2 is 2.04 bits per heavy atom. The van der Waals surface area contributed by atoms with Crippen molar-refractivity contribution in [2.75, 3.05) is 12.0 Å². The Morgan fingerprint density at radius 1 is 1.30 bits per heavy atom. The van der Waals surface area contributed by atoms with E-state index in [1.165, 1.54) is 18.0 Å². The maximum Gasteiger partial charge on any atom is 0.282 e. The van der Waals surface area contributed by atoms with Crippen molar-refractivity contribution < 1.29 is 8.78 Å². The zero-order valence-corrected chi connectivity index (χ0v) is 13.0. The van der Waals surface area contributed by atoms with Gasteiger partial charge in [-0.25, -0.2) is 18.7 Å². The highest BCUT2D eigenvalue weighted by Crippen LogP contribution is 2.22. The van der Waals surface area contributed by atoms with E-state index in [4.69, 9.17) is 5.73 Å². The number of nitrogen functional groups attached to an aromatic ring is 1. The zero-order valence-electron chi connectivity index (χ0n) is 12.2. The van der Waals surface area contributed by atoms with Crippen molar-refractivity contribution in [3.63, 3.8) is 0 Å². The van der Waals surface area contributed by atoms with Crippen molar-refractivity contribution in [2.24, 2.45) is 0 Å². The van der Waals surface area contributed by atoms with E-state index < -0.39 is 22.9 Å². The zero-order chi connectivity index (χ0) is 16.7. The van der Waals surface area contributed by atoms with Crippen molar-refractivity contribution in [1.82, 2.24) is 19.7 Å². The fourth-order valence-electron chi connectivity index (χ4n) is 2.16. The molecule has 0 radical (unpaired) electrons. The van der Waals surface area contributed by atoms with Gasteiger partial charge in [-0.3, -0.25) is 4.79 Å². The first kappa shape index (κ1) is 15.3. The minimum absolute atomic E-state index is 0.122. The summed E-state index contributed by atoms with van der Waals surface area (Å²) < 4.78 is 28.8. The molecule has 0 atom stereocenters. The standard InChI is InChI=1S/C14H11F2N5OS/c1-6-11-7(5-18-14(19-11)23-2)13(22)21(20-6)12-8(15)3-4-9(17)10(12)16/h3-5H,17H2,1-2H3. The van der Waals surface area contributed by atoms with Crippen molar-refractivity contribution in [3.8, 4) is 5.69 Å². The van der Waals surface area contributed by atoms with Gasteiger partial charge in [0.05, 0.1) is 16.8 Å². The fraction of sp³-hybridized carbons (Fsp3) is 0.143. The highest BCUT2D eigenvalue weighted by atomic mass is 32.2. The average molecular weight is 335 g/mol. The molecule has 2 aromatic heterocycles. The normalized spacial score (nSPS) is 11.1. The Hall–Kier alpha value is -2.55. The molecule has 0 bridgehead atoms. The van der Waals surface area contributed by atoms with E-state index in [-0.39, 0.29) is 11.1 Å². The first-order valence-electron chi connectivity index (χ1n) is 6.48. The lowest BCUT2D eigenvalue weighted by Gasteiger charge is -2.11. The van der Waals surface area contributed by atoms with Crippen LogP contribution in [-0.2, 0) is 0 Å². The molecule has 0 aliphatic heterocycles. The van der Waals surface area contributed by atoms with E-state index in [2.05, 4.69) is 15.1 Å². The molecular weight excluding hydrogens is 324 g/mol. The van der Waals surface area contributed by atoms with E-state index in [1.54, 1.807) is 13.2 Å². The quantitative estimate of drug-likeness (QED) is 0.438. The number of nitrogens with two attached hydrogens (primary N) is 1. The third-order valence-electron chi connectivity index (χ3n) is 3.27. The molecule has 0 aliphatic carbocycles. The molecule has 2 heterocycles. The summed E-state index contributed by atoms with van der Waals surface area (Å²) in [5.41, 5.74) is 4.53. The van der Waals surface area contributed by atoms with E-state index in [9.17, 15) is 13.6 Å². The van der Waals surface area contributed by atoms with Gasteiger partial charge >= 0.3 is 0 Å². The second-order valence-electron chi connectivity index (χ2n) is 4.72. The smallest absolute Gasteiger partial charge is 0.282 e. The lowest BCUT2D eigenvalue weighted by atomic mass is 10.2. The van der Waals surface area contributed by atoms with Gasteiger partial charge < -0.3 is 5.73 Å². The second kappa shape index (κ2) is 5.58. The monoisotopic (exact) mass is 335 g/mol. The Labute approximate surface area is 133 Å². The number of nitrogens with zero attached hydrogens (tertiary/aromatic N) is 4. The number of anilines is 1. The first-order valence-corrected chi connectivity index (χ1v) is 7.71. The maximum atomic E-state index is 14.2. The van der Waals surface area contributed by atoms with Crippen LogP contribution < -0.4 is 11.3 Å². The number of hydrogen-bond acceptors (Lipinski definition) is 6. The lowest BCUT2D eigenvalue weighted by Crippen LogP contribution is -2.25. The van der Waals surface area contributed by atoms with Crippen LogP contribution in [0.25, 0.3) is 16.6 Å². The van der Waals surface area contributed by atoms with Crippen molar-refractivity contribution in [1.29, 1.82) is 0 Å². The number of fused-ring (bicyclic) bond motifs is 1. The molecule has 0 aliphatic rings. The Balaban J connectivity index is 2.39. The van der Waals surface area contributed by atoms with E-state index in [1.807, 2.05) is 0 Å². The van der Waals surface area contributed by atoms with Gasteiger partial charge in [0.25, 0.3) is 5.56 Å². The molecule has 23 heavy (non-hydrogen) atoms. The summed E-state index contributed by atoms with van der Waals surface area (Å²) in [6, 6.07) is 2.07. The summed E-state index contributed by atoms with van der Waals surface area (Å²) >= 11 is 1.31. The van der Waals surface area contributed by atoms with Crippen molar-refractivity contribution in [3.05, 3.63) is 46.0 Å². The number of thioether (sulfide) groups is 1. The van der Waals surface area contributed by atoms with Crippen molar-refractivity contribution in [2.45, 2.75) is 12.1 Å². The summed E-state index contributed by atoms with van der Waals surface area (Å²) in [6.45, 7) is 1.59. The molecule has 0 fully saturated rings. The van der Waals surface area contributed by atoms with Gasteiger partial charge in [0.15, 0.2) is 16.8 Å². The van der Waals surface area contributed by atoms with Crippen LogP contribution in [0.2, 0.25) is 0 Å². The van der Waals surface area contributed by atoms with Crippen LogP contribution >= 0.6 is 11.8 Å². The van der Waals surface area contributed by atoms with E-state index >= 15 is 0 Å². The van der Waals surface area contributed by atoms with Gasteiger partial charge in [-0.1, -0.05) is 11.8 Å². The predicted octanol–water partition coefficient (Wildman–Crippen LogP) is 2.07. The largest absolute Gasteiger partial charge is 0.396 e. The minimum Gasteiger partial charge on any atom is -0.396 e. The number of hydrogen-bond donors (Lipinski definition) is 1. The van der Waals surface area contributed by atoms with Gasteiger partial charge in [0, 0.05) is 6.20 Å². The average Bonchev–Trinajstić information content (AvgIpc) is 2.55. The summed E-state index contributed by atoms with van der Waals surface area (Å²) in [5.74, 6) is -1.98. The van der Waals surface area contributed by atoms with Crippen LogP contribution in [-0.4, -0.2) is 26.0 Å². The number of benzene rings is 1. The van der Waals surface area contributed by atoms with E-state index in [0.29, 0.717) is 21.0 Å². The van der Waals surface area contributed by atoms with Crippen molar-refractivity contribution >= 4 is 28.4 Å². The van der Waals surface area contributed by atoms with Crippen LogP contribution in [0.15, 0.2) is 28.3 Å². The van der Waals surface area contributed by atoms with Crippen LogP contribution in [0.3, 0.4) is 0 Å². The van der Waals surface area contributed by atoms with Gasteiger partial charge in [0.2, 0.25) is 0 Å². The van der Waals surface area contributed by atoms with Gasteiger partial charge in [-0.15, -0.1) is 0 Å². The molecule has 1 aromatic carbocycles. The molecule has 6 nitrogen and oxygen atoms in total. The number of aromatic nitrogens is 4. The van der Waals surface area contributed by atoms with Crippen LogP contribution in [0.4, 0.5) is 14.5 Å². The molecule has 0 saturated heterocycles. The molecule has 3 aromatic rings. The Morgan fingerprint density at radius 3 is 2.74 bits per heavy atom. The number of halogens is 2. The van der Waals surface area contributed by atoms with Crippen LogP contribution in [0.1, 0.15) is 5.69 Å². The molecule has 0 amide bonds. The molecule has 9 heteroatoms. The Bertz CT molecular complexity index is 989. The summed E-state index contributed by atoms with van der Waals surface area (Å²) in [7, 11) is 0. The molecule has 2 N–H and O–H groups in total. The molecule has 0 unspecified atom stereocenters. The topological polar surface area (TPSA) is 86.7 Å².